The second-order valence-corrected chi connectivity index (χ2v) is 4.85. The molecule has 0 aliphatic carbocycles. The lowest BCUT2D eigenvalue weighted by Gasteiger charge is -2.07. The SMILES string of the molecule is CCCNc1ccnc(C(=O)Nc2cnc(Br)cn2)c1. The molecular weight excluding hydrogens is 322 g/mol. The van der Waals surface area contributed by atoms with E-state index in [1.807, 2.05) is 6.07 Å². The standard InChI is InChI=1S/C13H14BrN5O/c1-2-4-15-9-3-5-16-10(6-9)13(20)19-12-8-17-11(14)7-18-12/h3,5-8H,2,4H2,1H3,(H,15,16)(H,18,19,20). The molecule has 1 amide bonds. The van der Waals surface area contributed by atoms with Crippen molar-refractivity contribution < 1.29 is 4.79 Å². The van der Waals surface area contributed by atoms with Crippen molar-refractivity contribution in [2.24, 2.45) is 0 Å². The van der Waals surface area contributed by atoms with Crippen LogP contribution in [0.3, 0.4) is 0 Å². The van der Waals surface area contributed by atoms with Crippen molar-refractivity contribution in [3.05, 3.63) is 41.0 Å². The van der Waals surface area contributed by atoms with Crippen LogP contribution in [0.5, 0.6) is 0 Å². The Morgan fingerprint density at radius 1 is 1.30 bits per heavy atom. The number of hydrogen-bond acceptors (Lipinski definition) is 5. The zero-order chi connectivity index (χ0) is 14.4. The van der Waals surface area contributed by atoms with E-state index in [4.69, 9.17) is 0 Å². The summed E-state index contributed by atoms with van der Waals surface area (Å²) in [6.07, 6.45) is 5.60. The fourth-order valence-corrected chi connectivity index (χ4v) is 1.70. The number of pyridine rings is 1. The Kier molecular flexibility index (Phi) is 5.00. The van der Waals surface area contributed by atoms with E-state index in [0.29, 0.717) is 16.1 Å². The van der Waals surface area contributed by atoms with Crippen LogP contribution in [0.2, 0.25) is 0 Å². The maximum absolute atomic E-state index is 12.0. The second-order valence-electron chi connectivity index (χ2n) is 4.04. The molecule has 6 nitrogen and oxygen atoms in total. The Morgan fingerprint density at radius 3 is 2.85 bits per heavy atom. The van der Waals surface area contributed by atoms with Gasteiger partial charge in [0.25, 0.3) is 5.91 Å². The molecule has 0 aromatic carbocycles. The Hall–Kier alpha value is -2.02. The number of aromatic nitrogens is 3. The van der Waals surface area contributed by atoms with Crippen LogP contribution in [0.25, 0.3) is 0 Å². The summed E-state index contributed by atoms with van der Waals surface area (Å²) < 4.78 is 0.611. The van der Waals surface area contributed by atoms with Gasteiger partial charge < -0.3 is 10.6 Å². The van der Waals surface area contributed by atoms with E-state index < -0.39 is 0 Å². The summed E-state index contributed by atoms with van der Waals surface area (Å²) in [6, 6.07) is 3.53. The highest BCUT2D eigenvalue weighted by Crippen LogP contribution is 2.11. The minimum absolute atomic E-state index is 0.318. The van der Waals surface area contributed by atoms with Crippen LogP contribution in [0.15, 0.2) is 35.3 Å². The van der Waals surface area contributed by atoms with E-state index >= 15 is 0 Å². The minimum atomic E-state index is -0.318. The molecule has 2 heterocycles. The van der Waals surface area contributed by atoms with Gasteiger partial charge in [0.15, 0.2) is 5.82 Å². The highest BCUT2D eigenvalue weighted by atomic mass is 79.9. The lowest BCUT2D eigenvalue weighted by Crippen LogP contribution is -2.15. The molecule has 2 rings (SSSR count). The van der Waals surface area contributed by atoms with E-state index in [2.05, 4.69) is 48.4 Å². The van der Waals surface area contributed by atoms with Gasteiger partial charge in [-0.2, -0.15) is 0 Å². The quantitative estimate of drug-likeness (QED) is 0.878. The molecule has 2 aromatic heterocycles. The van der Waals surface area contributed by atoms with E-state index in [9.17, 15) is 4.79 Å². The van der Waals surface area contributed by atoms with Crippen LogP contribution in [-0.4, -0.2) is 27.4 Å². The van der Waals surface area contributed by atoms with Crippen molar-refractivity contribution in [3.8, 4) is 0 Å². The van der Waals surface area contributed by atoms with Crippen molar-refractivity contribution in [2.45, 2.75) is 13.3 Å². The zero-order valence-corrected chi connectivity index (χ0v) is 12.5. The van der Waals surface area contributed by atoms with Gasteiger partial charge in [0.2, 0.25) is 0 Å². The van der Waals surface area contributed by atoms with Crippen molar-refractivity contribution in [1.29, 1.82) is 0 Å². The molecule has 2 N–H and O–H groups in total. The first-order valence-corrected chi connectivity index (χ1v) is 6.97. The first-order chi connectivity index (χ1) is 9.69. The molecule has 0 spiro atoms. The van der Waals surface area contributed by atoms with Gasteiger partial charge in [-0.1, -0.05) is 6.92 Å². The first-order valence-electron chi connectivity index (χ1n) is 6.18. The Labute approximate surface area is 125 Å². The molecule has 7 heteroatoms. The molecule has 0 saturated carbocycles. The largest absolute Gasteiger partial charge is 0.385 e. The topological polar surface area (TPSA) is 79.8 Å². The smallest absolute Gasteiger partial charge is 0.275 e. The van der Waals surface area contributed by atoms with Gasteiger partial charge in [-0.25, -0.2) is 9.97 Å². The summed E-state index contributed by atoms with van der Waals surface area (Å²) in [5, 5.41) is 5.85. The minimum Gasteiger partial charge on any atom is -0.385 e. The number of anilines is 2. The number of rotatable bonds is 5. The molecule has 0 fully saturated rings. The molecule has 0 aliphatic heterocycles. The van der Waals surface area contributed by atoms with Gasteiger partial charge in [0.1, 0.15) is 10.3 Å². The van der Waals surface area contributed by atoms with Gasteiger partial charge in [0.05, 0.1) is 12.4 Å². The Bertz CT molecular complexity index is 588. The van der Waals surface area contributed by atoms with Crippen LogP contribution in [0.1, 0.15) is 23.8 Å². The predicted octanol–water partition coefficient (Wildman–Crippen LogP) is 2.71. The van der Waals surface area contributed by atoms with Crippen molar-refractivity contribution >= 4 is 33.3 Å². The summed E-state index contributed by atoms with van der Waals surface area (Å²) in [5.74, 6) is 0.0636. The fraction of sp³-hybridized carbons (Fsp3) is 0.231. The molecule has 20 heavy (non-hydrogen) atoms. The third kappa shape index (κ3) is 3.99. The Morgan fingerprint density at radius 2 is 2.15 bits per heavy atom. The third-order valence-corrected chi connectivity index (χ3v) is 2.84. The fourth-order valence-electron chi connectivity index (χ4n) is 1.49. The number of hydrogen-bond donors (Lipinski definition) is 2. The van der Waals surface area contributed by atoms with Crippen molar-refractivity contribution in [2.75, 3.05) is 17.2 Å². The number of carbonyl (C=O) groups is 1. The molecule has 0 radical (unpaired) electrons. The monoisotopic (exact) mass is 335 g/mol. The van der Waals surface area contributed by atoms with Gasteiger partial charge in [-0.15, -0.1) is 0 Å². The maximum Gasteiger partial charge on any atom is 0.275 e. The van der Waals surface area contributed by atoms with E-state index in [1.165, 1.54) is 12.4 Å². The summed E-state index contributed by atoms with van der Waals surface area (Å²) in [7, 11) is 0. The first kappa shape index (κ1) is 14.4. The number of halogens is 1. The molecule has 0 unspecified atom stereocenters. The Balaban J connectivity index is 2.06. The molecule has 0 bridgehead atoms. The van der Waals surface area contributed by atoms with E-state index in [1.54, 1.807) is 12.3 Å². The highest BCUT2D eigenvalue weighted by molar-refractivity contribution is 9.10. The molecular formula is C13H14BrN5O. The third-order valence-electron chi connectivity index (χ3n) is 2.43. The van der Waals surface area contributed by atoms with Gasteiger partial charge in [-0.05, 0) is 34.5 Å². The van der Waals surface area contributed by atoms with Crippen molar-refractivity contribution in [1.82, 2.24) is 15.0 Å². The van der Waals surface area contributed by atoms with Crippen molar-refractivity contribution in [3.63, 3.8) is 0 Å². The van der Waals surface area contributed by atoms with E-state index in [-0.39, 0.29) is 5.91 Å². The average Bonchev–Trinajstić information content (AvgIpc) is 2.48. The van der Waals surface area contributed by atoms with Crippen LogP contribution < -0.4 is 10.6 Å². The second kappa shape index (κ2) is 6.95. The molecule has 0 saturated heterocycles. The van der Waals surface area contributed by atoms with Crippen LogP contribution in [0, 0.1) is 0 Å². The molecule has 0 atom stereocenters. The lowest BCUT2D eigenvalue weighted by atomic mass is 10.3. The van der Waals surface area contributed by atoms with Crippen LogP contribution >= 0.6 is 15.9 Å². The molecule has 2 aromatic rings. The summed E-state index contributed by atoms with van der Waals surface area (Å²) in [4.78, 5) is 24.1. The van der Waals surface area contributed by atoms with Gasteiger partial charge in [-0.3, -0.25) is 9.78 Å². The molecule has 104 valence electrons. The number of carbonyl (C=O) groups excluding carboxylic acids is 1. The molecule has 0 aliphatic rings. The predicted molar refractivity (Wildman–Crippen MR) is 80.7 cm³/mol. The van der Waals surface area contributed by atoms with Gasteiger partial charge in [0, 0.05) is 18.4 Å². The summed E-state index contributed by atoms with van der Waals surface area (Å²) in [6.45, 7) is 2.93. The van der Waals surface area contributed by atoms with Crippen LogP contribution in [-0.2, 0) is 0 Å². The number of nitrogens with one attached hydrogen (secondary N) is 2. The maximum atomic E-state index is 12.0. The number of nitrogens with zero attached hydrogens (tertiary/aromatic N) is 3. The lowest BCUT2D eigenvalue weighted by molar-refractivity contribution is 0.102. The zero-order valence-electron chi connectivity index (χ0n) is 10.9. The van der Waals surface area contributed by atoms with Crippen LogP contribution in [0.4, 0.5) is 11.5 Å². The van der Waals surface area contributed by atoms with Gasteiger partial charge >= 0.3 is 0 Å². The van der Waals surface area contributed by atoms with E-state index in [0.717, 1.165) is 18.7 Å². The summed E-state index contributed by atoms with van der Waals surface area (Å²) >= 11 is 3.18. The summed E-state index contributed by atoms with van der Waals surface area (Å²) in [5.41, 5.74) is 1.20. The highest BCUT2D eigenvalue weighted by Gasteiger charge is 2.09. The normalized spacial score (nSPS) is 10.1. The average molecular weight is 336 g/mol. The number of amides is 1.